The number of anilines is 1. The van der Waals surface area contributed by atoms with Crippen molar-refractivity contribution in [2.75, 3.05) is 52.8 Å². The maximum Gasteiger partial charge on any atom is 0.248 e. The molecule has 7 nitrogen and oxygen atoms in total. The summed E-state index contributed by atoms with van der Waals surface area (Å²) < 4.78 is 4.97. The predicted molar refractivity (Wildman–Crippen MR) is 92.0 cm³/mol. The molecule has 1 N–H and O–H groups in total. The minimum absolute atomic E-state index is 0.0181. The number of amides is 1. The quantitative estimate of drug-likeness (QED) is 0.881. The van der Waals surface area contributed by atoms with Crippen molar-refractivity contribution in [2.24, 2.45) is 0 Å². The Morgan fingerprint density at radius 2 is 2.04 bits per heavy atom. The third kappa shape index (κ3) is 3.52. The van der Waals surface area contributed by atoms with Crippen LogP contribution in [0, 0.1) is 0 Å². The van der Waals surface area contributed by atoms with Crippen LogP contribution in [0.5, 0.6) is 0 Å². The van der Waals surface area contributed by atoms with Crippen LogP contribution in [0.15, 0.2) is 0 Å². The topological polar surface area (TPSA) is 70.6 Å². The maximum absolute atomic E-state index is 12.1. The summed E-state index contributed by atoms with van der Waals surface area (Å²) in [6.45, 7) is 3.57. The number of nitrogens with zero attached hydrogens (tertiary/aromatic N) is 4. The monoisotopic (exact) mass is 333 g/mol. The van der Waals surface area contributed by atoms with E-state index in [0.29, 0.717) is 19.0 Å². The van der Waals surface area contributed by atoms with Crippen LogP contribution in [0.4, 0.5) is 5.82 Å². The molecule has 0 aromatic carbocycles. The van der Waals surface area contributed by atoms with Crippen molar-refractivity contribution >= 4 is 11.7 Å². The van der Waals surface area contributed by atoms with E-state index in [2.05, 4.69) is 17.3 Å². The molecule has 1 aromatic heterocycles. The van der Waals surface area contributed by atoms with E-state index in [1.807, 2.05) is 11.9 Å². The summed E-state index contributed by atoms with van der Waals surface area (Å²) in [5.41, 5.74) is 2.13. The Labute approximate surface area is 143 Å². The number of hydrogen-bond donors (Lipinski definition) is 1. The highest BCUT2D eigenvalue weighted by Gasteiger charge is 2.28. The van der Waals surface area contributed by atoms with Crippen molar-refractivity contribution < 1.29 is 9.53 Å². The van der Waals surface area contributed by atoms with Gasteiger partial charge in [-0.15, -0.1) is 0 Å². The Morgan fingerprint density at radius 1 is 1.29 bits per heavy atom. The third-order valence-electron chi connectivity index (χ3n) is 5.02. The summed E-state index contributed by atoms with van der Waals surface area (Å²) in [5.74, 6) is 2.28. The fourth-order valence-corrected chi connectivity index (χ4v) is 3.52. The Morgan fingerprint density at radius 3 is 2.71 bits per heavy atom. The van der Waals surface area contributed by atoms with E-state index in [4.69, 9.17) is 14.7 Å². The second-order valence-electron chi connectivity index (χ2n) is 6.68. The lowest BCUT2D eigenvalue weighted by Gasteiger charge is -2.31. The number of likely N-dealkylation sites (tertiary alicyclic amines) is 1. The lowest BCUT2D eigenvalue weighted by Crippen LogP contribution is -2.39. The number of piperidine rings is 1. The maximum atomic E-state index is 12.1. The van der Waals surface area contributed by atoms with Crippen LogP contribution < -0.4 is 5.32 Å². The summed E-state index contributed by atoms with van der Waals surface area (Å²) in [7, 11) is 5.59. The fraction of sp³-hybridized carbons (Fsp3) is 0.706. The average molecular weight is 333 g/mol. The minimum Gasteiger partial charge on any atom is -0.375 e. The van der Waals surface area contributed by atoms with Crippen LogP contribution >= 0.6 is 0 Å². The Balaban J connectivity index is 1.82. The molecular weight excluding hydrogens is 306 g/mol. The van der Waals surface area contributed by atoms with Crippen LogP contribution in [-0.2, 0) is 22.5 Å². The van der Waals surface area contributed by atoms with Gasteiger partial charge in [0.2, 0.25) is 5.91 Å². The van der Waals surface area contributed by atoms with Gasteiger partial charge in [-0.05, 0) is 33.0 Å². The van der Waals surface area contributed by atoms with Gasteiger partial charge in [-0.3, -0.25) is 4.79 Å². The number of methoxy groups -OCH3 is 1. The zero-order valence-corrected chi connectivity index (χ0v) is 14.8. The predicted octanol–water partition coefficient (Wildman–Crippen LogP) is 0.859. The van der Waals surface area contributed by atoms with Crippen molar-refractivity contribution in [2.45, 2.75) is 31.7 Å². The highest BCUT2D eigenvalue weighted by Crippen LogP contribution is 2.30. The molecule has 3 rings (SSSR count). The number of ether oxygens (including phenoxy) is 1. The molecule has 0 spiro atoms. The number of carbonyl (C=O) groups is 1. The third-order valence-corrected chi connectivity index (χ3v) is 5.02. The van der Waals surface area contributed by atoms with Crippen molar-refractivity contribution in [1.82, 2.24) is 19.8 Å². The molecule has 3 heterocycles. The Bertz CT molecular complexity index is 582. The second kappa shape index (κ2) is 7.44. The van der Waals surface area contributed by atoms with E-state index in [1.54, 1.807) is 7.11 Å². The zero-order chi connectivity index (χ0) is 17.1. The first kappa shape index (κ1) is 17.1. The first-order chi connectivity index (χ1) is 11.6. The van der Waals surface area contributed by atoms with Gasteiger partial charge < -0.3 is 19.9 Å². The van der Waals surface area contributed by atoms with E-state index in [0.717, 1.165) is 55.3 Å². The van der Waals surface area contributed by atoms with Crippen LogP contribution in [0.1, 0.15) is 35.8 Å². The second-order valence-corrected chi connectivity index (χ2v) is 6.68. The number of aromatic nitrogens is 2. The van der Waals surface area contributed by atoms with Gasteiger partial charge in [0.15, 0.2) is 0 Å². The van der Waals surface area contributed by atoms with E-state index in [-0.39, 0.29) is 12.5 Å². The Hall–Kier alpha value is -1.73. The molecule has 132 valence electrons. The molecule has 1 fully saturated rings. The molecule has 0 aliphatic carbocycles. The zero-order valence-electron chi connectivity index (χ0n) is 14.8. The number of nitrogens with one attached hydrogen (secondary N) is 1. The minimum atomic E-state index is 0.0181. The van der Waals surface area contributed by atoms with Crippen LogP contribution in [-0.4, -0.2) is 73.1 Å². The molecule has 24 heavy (non-hydrogen) atoms. The fourth-order valence-electron chi connectivity index (χ4n) is 3.52. The van der Waals surface area contributed by atoms with Gasteiger partial charge in [0.05, 0.1) is 12.2 Å². The number of carbonyl (C=O) groups excluding carboxylic acids is 1. The largest absolute Gasteiger partial charge is 0.375 e. The van der Waals surface area contributed by atoms with Gasteiger partial charge in [-0.1, -0.05) is 0 Å². The summed E-state index contributed by atoms with van der Waals surface area (Å²) in [6, 6.07) is 0. The number of hydrogen-bond acceptors (Lipinski definition) is 6. The van der Waals surface area contributed by atoms with E-state index < -0.39 is 0 Å². The molecule has 0 bridgehead atoms. The summed E-state index contributed by atoms with van der Waals surface area (Å²) >= 11 is 0. The first-order valence-electron chi connectivity index (χ1n) is 8.65. The van der Waals surface area contributed by atoms with Crippen molar-refractivity contribution in [3.63, 3.8) is 0 Å². The van der Waals surface area contributed by atoms with Gasteiger partial charge in [0, 0.05) is 38.6 Å². The van der Waals surface area contributed by atoms with Crippen molar-refractivity contribution in [3.8, 4) is 0 Å². The molecule has 0 saturated carbocycles. The first-order valence-corrected chi connectivity index (χ1v) is 8.65. The molecule has 0 radical (unpaired) electrons. The van der Waals surface area contributed by atoms with Gasteiger partial charge >= 0.3 is 0 Å². The van der Waals surface area contributed by atoms with Crippen LogP contribution in [0.25, 0.3) is 0 Å². The SMILES string of the molecule is CNc1nc(C2CCN(C)CC2)nc2c1CN(C(=O)COC)CC2. The van der Waals surface area contributed by atoms with Gasteiger partial charge in [0.25, 0.3) is 0 Å². The molecule has 7 heteroatoms. The molecule has 1 amide bonds. The normalized spacial score (nSPS) is 19.2. The summed E-state index contributed by atoms with van der Waals surface area (Å²) in [6.07, 6.45) is 3.00. The Kier molecular flexibility index (Phi) is 5.30. The summed E-state index contributed by atoms with van der Waals surface area (Å²) in [4.78, 5) is 25.9. The molecule has 2 aliphatic rings. The molecule has 1 aromatic rings. The van der Waals surface area contributed by atoms with Crippen molar-refractivity contribution in [3.05, 3.63) is 17.1 Å². The van der Waals surface area contributed by atoms with Gasteiger partial charge in [0.1, 0.15) is 18.2 Å². The van der Waals surface area contributed by atoms with E-state index >= 15 is 0 Å². The highest BCUT2D eigenvalue weighted by atomic mass is 16.5. The molecule has 0 unspecified atom stereocenters. The van der Waals surface area contributed by atoms with Crippen LogP contribution in [0.2, 0.25) is 0 Å². The van der Waals surface area contributed by atoms with E-state index in [9.17, 15) is 4.79 Å². The summed E-state index contributed by atoms with van der Waals surface area (Å²) in [5, 5.41) is 3.20. The highest BCUT2D eigenvalue weighted by molar-refractivity contribution is 5.78. The lowest BCUT2D eigenvalue weighted by atomic mass is 9.95. The molecule has 0 atom stereocenters. The molecular formula is C17H27N5O2. The van der Waals surface area contributed by atoms with E-state index in [1.165, 1.54) is 0 Å². The smallest absolute Gasteiger partial charge is 0.248 e. The number of fused-ring (bicyclic) bond motifs is 1. The molecule has 1 saturated heterocycles. The number of rotatable bonds is 4. The average Bonchev–Trinajstić information content (AvgIpc) is 2.61. The molecule has 2 aliphatic heterocycles. The van der Waals surface area contributed by atoms with Gasteiger partial charge in [-0.2, -0.15) is 0 Å². The lowest BCUT2D eigenvalue weighted by molar-refractivity contribution is -0.136. The van der Waals surface area contributed by atoms with Crippen molar-refractivity contribution in [1.29, 1.82) is 0 Å². The standard InChI is InChI=1S/C17H27N5O2/c1-18-17-13-10-22(15(23)11-24-3)9-6-14(13)19-16(20-17)12-4-7-21(2)8-5-12/h12H,4-11H2,1-3H3,(H,18,19,20). The van der Waals surface area contributed by atoms with Crippen LogP contribution in [0.3, 0.4) is 0 Å². The van der Waals surface area contributed by atoms with Gasteiger partial charge in [-0.25, -0.2) is 9.97 Å².